The van der Waals surface area contributed by atoms with E-state index in [-0.39, 0.29) is 0 Å². The summed E-state index contributed by atoms with van der Waals surface area (Å²) in [6, 6.07) is 9.41. The molecule has 2 aliphatic carbocycles. The number of carbonyl (C=O) groups excluding carboxylic acids is 1. The summed E-state index contributed by atoms with van der Waals surface area (Å²) in [4.78, 5) is 14.1. The minimum absolute atomic E-state index is 0.362. The van der Waals surface area contributed by atoms with Crippen LogP contribution in [0.3, 0.4) is 0 Å². The van der Waals surface area contributed by atoms with Crippen molar-refractivity contribution in [2.24, 2.45) is 17.3 Å². The molecular weight excluding hydrogens is 370 g/mol. The maximum atomic E-state index is 11.5. The van der Waals surface area contributed by atoms with Crippen molar-refractivity contribution in [1.29, 1.82) is 0 Å². The van der Waals surface area contributed by atoms with E-state index in [2.05, 4.69) is 52.1 Å². The molecule has 30 heavy (non-hydrogen) atoms. The molecular formula is C26H35N3O. The first-order chi connectivity index (χ1) is 14.5. The monoisotopic (exact) mass is 405 g/mol. The highest BCUT2D eigenvalue weighted by atomic mass is 16.1. The lowest BCUT2D eigenvalue weighted by Crippen LogP contribution is -2.48. The Balaban J connectivity index is 1.06. The Hall–Kier alpha value is -1.94. The number of piperidine rings is 1. The predicted molar refractivity (Wildman–Crippen MR) is 119 cm³/mol. The van der Waals surface area contributed by atoms with Crippen molar-refractivity contribution in [2.45, 2.75) is 71.4 Å². The van der Waals surface area contributed by atoms with Gasteiger partial charge in [-0.05, 0) is 99.4 Å². The minimum atomic E-state index is 0.362. The highest BCUT2D eigenvalue weighted by molar-refractivity contribution is 5.79. The van der Waals surface area contributed by atoms with E-state index in [1.54, 1.807) is 6.92 Å². The number of hydrogen-bond donors (Lipinski definition) is 0. The first-order valence-corrected chi connectivity index (χ1v) is 11.8. The number of nitrogens with zero attached hydrogens (tertiary/aromatic N) is 3. The zero-order valence-electron chi connectivity index (χ0n) is 18.5. The molecule has 1 aromatic heterocycles. The van der Waals surface area contributed by atoms with Crippen LogP contribution in [0.4, 0.5) is 0 Å². The smallest absolute Gasteiger partial charge is 0.132 e. The molecule has 1 saturated heterocycles. The third kappa shape index (κ3) is 4.12. The van der Waals surface area contributed by atoms with Crippen LogP contribution in [-0.2, 0) is 17.9 Å². The van der Waals surface area contributed by atoms with Gasteiger partial charge in [0.2, 0.25) is 0 Å². The molecule has 0 amide bonds. The quantitative estimate of drug-likeness (QED) is 0.681. The largest absolute Gasteiger partial charge is 0.300 e. The summed E-state index contributed by atoms with van der Waals surface area (Å²) in [7, 11) is 0. The van der Waals surface area contributed by atoms with Crippen LogP contribution in [0.1, 0.15) is 68.1 Å². The van der Waals surface area contributed by atoms with Gasteiger partial charge in [-0.15, -0.1) is 0 Å². The van der Waals surface area contributed by atoms with Crippen molar-refractivity contribution in [3.8, 4) is 0 Å². The molecule has 5 rings (SSSR count). The zero-order valence-corrected chi connectivity index (χ0v) is 18.5. The van der Waals surface area contributed by atoms with Crippen LogP contribution in [0.25, 0.3) is 0 Å². The topological polar surface area (TPSA) is 38.1 Å². The fraction of sp³-hybridized carbons (Fsp3) is 0.615. The fourth-order valence-corrected chi connectivity index (χ4v) is 6.14. The Morgan fingerprint density at radius 3 is 2.40 bits per heavy atom. The molecule has 3 aliphatic rings. The molecule has 3 fully saturated rings. The minimum Gasteiger partial charge on any atom is -0.300 e. The number of likely N-dealkylation sites (tertiary alicyclic amines) is 1. The lowest BCUT2D eigenvalue weighted by atomic mass is 9.47. The average Bonchev–Trinajstić information content (AvgIpc) is 3.07. The van der Waals surface area contributed by atoms with Gasteiger partial charge in [0.25, 0.3) is 0 Å². The number of rotatable bonds is 6. The standard InChI is InChI=1S/C26H35N3O/c1-19-15-27-29(16-19)18-22-7-9-28(10-8-22)17-21-3-5-23(6-4-21)25-13-26(14-25)11-24(12-26)20(2)30/h3-6,15-16,22,24-25H,7-14,17-18H2,1-2H3/t24-,25-,26?. The molecule has 2 saturated carbocycles. The van der Waals surface area contributed by atoms with Crippen molar-refractivity contribution in [3.05, 3.63) is 53.3 Å². The maximum absolute atomic E-state index is 11.5. The lowest BCUT2D eigenvalue weighted by Gasteiger charge is -2.57. The molecule has 1 aromatic carbocycles. The Morgan fingerprint density at radius 1 is 1.10 bits per heavy atom. The second kappa shape index (κ2) is 7.96. The maximum Gasteiger partial charge on any atom is 0.132 e. The van der Waals surface area contributed by atoms with Gasteiger partial charge in [0.1, 0.15) is 5.78 Å². The third-order valence-corrected chi connectivity index (χ3v) is 8.06. The van der Waals surface area contributed by atoms with Crippen LogP contribution in [0, 0.1) is 24.2 Å². The van der Waals surface area contributed by atoms with E-state index in [0.29, 0.717) is 23.0 Å². The van der Waals surface area contributed by atoms with Crippen LogP contribution in [0.5, 0.6) is 0 Å². The number of benzene rings is 1. The number of aromatic nitrogens is 2. The fourth-order valence-electron chi connectivity index (χ4n) is 6.14. The molecule has 0 atom stereocenters. The number of ketones is 1. The molecule has 1 aliphatic heterocycles. The van der Waals surface area contributed by atoms with Crippen LogP contribution in [0.15, 0.2) is 36.7 Å². The van der Waals surface area contributed by atoms with Gasteiger partial charge >= 0.3 is 0 Å². The lowest BCUT2D eigenvalue weighted by molar-refractivity contribution is -0.133. The number of hydrogen-bond acceptors (Lipinski definition) is 3. The normalized spacial score (nSPS) is 29.5. The van der Waals surface area contributed by atoms with E-state index in [0.717, 1.165) is 31.8 Å². The van der Waals surface area contributed by atoms with Gasteiger partial charge in [-0.1, -0.05) is 24.3 Å². The molecule has 4 heteroatoms. The zero-order chi connectivity index (χ0) is 20.7. The average molecular weight is 406 g/mol. The van der Waals surface area contributed by atoms with Crippen molar-refractivity contribution in [1.82, 2.24) is 14.7 Å². The molecule has 0 radical (unpaired) electrons. The van der Waals surface area contributed by atoms with Crippen molar-refractivity contribution < 1.29 is 4.79 Å². The Labute approximate surface area is 180 Å². The number of carbonyl (C=O) groups is 1. The summed E-state index contributed by atoms with van der Waals surface area (Å²) in [6.45, 7) is 8.38. The van der Waals surface area contributed by atoms with Crippen LogP contribution >= 0.6 is 0 Å². The van der Waals surface area contributed by atoms with Gasteiger partial charge in [0, 0.05) is 25.2 Å². The summed E-state index contributed by atoms with van der Waals surface area (Å²) >= 11 is 0. The van der Waals surface area contributed by atoms with E-state index in [1.165, 1.54) is 55.5 Å². The van der Waals surface area contributed by atoms with Crippen molar-refractivity contribution >= 4 is 5.78 Å². The second-order valence-electron chi connectivity index (χ2n) is 10.5. The Bertz CT molecular complexity index is 877. The van der Waals surface area contributed by atoms with Gasteiger partial charge < -0.3 is 0 Å². The van der Waals surface area contributed by atoms with Crippen molar-refractivity contribution in [3.63, 3.8) is 0 Å². The summed E-state index contributed by atoms with van der Waals surface area (Å²) in [6.07, 6.45) is 11.5. The van der Waals surface area contributed by atoms with Crippen molar-refractivity contribution in [2.75, 3.05) is 13.1 Å². The molecule has 0 bridgehead atoms. The van der Waals surface area contributed by atoms with Crippen LogP contribution in [-0.4, -0.2) is 33.6 Å². The molecule has 2 aromatic rings. The van der Waals surface area contributed by atoms with Gasteiger partial charge in [0.15, 0.2) is 0 Å². The molecule has 0 N–H and O–H groups in total. The summed E-state index contributed by atoms with van der Waals surface area (Å²) in [5.41, 5.74) is 4.71. The van der Waals surface area contributed by atoms with Gasteiger partial charge in [-0.25, -0.2) is 0 Å². The highest BCUT2D eigenvalue weighted by Crippen LogP contribution is 2.64. The van der Waals surface area contributed by atoms with Crippen LogP contribution in [0.2, 0.25) is 0 Å². The molecule has 2 heterocycles. The molecule has 4 nitrogen and oxygen atoms in total. The Morgan fingerprint density at radius 2 is 1.80 bits per heavy atom. The van der Waals surface area contributed by atoms with Gasteiger partial charge in [0.05, 0.1) is 6.20 Å². The highest BCUT2D eigenvalue weighted by Gasteiger charge is 2.53. The van der Waals surface area contributed by atoms with E-state index >= 15 is 0 Å². The summed E-state index contributed by atoms with van der Waals surface area (Å²) < 4.78 is 2.11. The van der Waals surface area contributed by atoms with Gasteiger partial charge in [-0.3, -0.25) is 14.4 Å². The van der Waals surface area contributed by atoms with E-state index in [9.17, 15) is 4.79 Å². The number of aryl methyl sites for hydroxylation is 1. The van der Waals surface area contributed by atoms with Crippen LogP contribution < -0.4 is 0 Å². The van der Waals surface area contributed by atoms with Gasteiger partial charge in [-0.2, -0.15) is 5.10 Å². The van der Waals surface area contributed by atoms with E-state index in [4.69, 9.17) is 0 Å². The molecule has 0 unspecified atom stereocenters. The second-order valence-corrected chi connectivity index (χ2v) is 10.5. The Kier molecular flexibility index (Phi) is 5.30. The summed E-state index contributed by atoms with van der Waals surface area (Å²) in [5.74, 6) is 2.23. The third-order valence-electron chi connectivity index (χ3n) is 8.06. The predicted octanol–water partition coefficient (Wildman–Crippen LogP) is 4.97. The first kappa shape index (κ1) is 20.0. The SMILES string of the molecule is Cc1cnn(CC2CCN(Cc3ccc([C@H]4CC5(C[C@H](C(C)=O)C5)C4)cc3)CC2)c1. The summed E-state index contributed by atoms with van der Waals surface area (Å²) in [5, 5.41) is 4.45. The van der Waals surface area contributed by atoms with E-state index in [1.807, 2.05) is 6.20 Å². The molecule has 1 spiro atoms. The number of Topliss-reactive ketones (excluding diaryl/α,β-unsaturated/α-hetero) is 1. The van der Waals surface area contributed by atoms with E-state index < -0.39 is 0 Å². The molecule has 160 valence electrons. The first-order valence-electron chi connectivity index (χ1n) is 11.8.